The summed E-state index contributed by atoms with van der Waals surface area (Å²) in [6.45, 7) is 5.38. The molecular weight excluding hydrogens is 160 g/mol. The molecule has 1 aromatic rings. The van der Waals surface area contributed by atoms with Crippen LogP contribution >= 0.6 is 0 Å². The maximum atomic E-state index is 11.2. The monoisotopic (exact) mass is 174 g/mol. The van der Waals surface area contributed by atoms with Crippen LogP contribution in [0.4, 0.5) is 0 Å². The molecule has 0 atom stereocenters. The van der Waals surface area contributed by atoms with Crippen molar-refractivity contribution in [1.82, 2.24) is 0 Å². The van der Waals surface area contributed by atoms with Crippen LogP contribution in [0.25, 0.3) is 0 Å². The van der Waals surface area contributed by atoms with Gasteiger partial charge in [-0.05, 0) is 24.5 Å². The molecule has 0 bridgehead atoms. The van der Waals surface area contributed by atoms with Crippen molar-refractivity contribution < 1.29 is 4.79 Å². The zero-order chi connectivity index (χ0) is 9.68. The van der Waals surface area contributed by atoms with E-state index in [1.807, 2.05) is 30.3 Å². The fourth-order valence-electron chi connectivity index (χ4n) is 1.12. The van der Waals surface area contributed by atoms with E-state index in [0.29, 0.717) is 12.0 Å². The summed E-state index contributed by atoms with van der Waals surface area (Å²) in [6, 6.07) is 10.0. The highest BCUT2D eigenvalue weighted by molar-refractivity contribution is 5.94. The number of ketones is 1. The maximum absolute atomic E-state index is 11.2. The van der Waals surface area contributed by atoms with Crippen molar-refractivity contribution in [2.45, 2.75) is 19.8 Å². The molecule has 0 amide bonds. The van der Waals surface area contributed by atoms with Gasteiger partial charge in [-0.15, -0.1) is 0 Å². The van der Waals surface area contributed by atoms with Gasteiger partial charge in [0, 0.05) is 6.42 Å². The molecular formula is C12H14O. The molecule has 0 saturated carbocycles. The molecule has 1 aromatic carbocycles. The molecule has 0 saturated heterocycles. The van der Waals surface area contributed by atoms with Crippen molar-refractivity contribution >= 4 is 5.78 Å². The molecule has 0 aliphatic carbocycles. The average Bonchev–Trinajstić information content (AvgIpc) is 2.15. The molecule has 0 aliphatic heterocycles. The van der Waals surface area contributed by atoms with Crippen LogP contribution < -0.4 is 0 Å². The van der Waals surface area contributed by atoms with Crippen LogP contribution in [0.2, 0.25) is 0 Å². The second-order valence-electron chi connectivity index (χ2n) is 3.19. The van der Waals surface area contributed by atoms with Crippen LogP contribution in [-0.4, -0.2) is 5.78 Å². The molecule has 0 N–H and O–H groups in total. The topological polar surface area (TPSA) is 17.1 Å². The molecule has 1 rings (SSSR count). The van der Waals surface area contributed by atoms with Gasteiger partial charge in [-0.2, -0.15) is 0 Å². The van der Waals surface area contributed by atoms with E-state index >= 15 is 0 Å². The molecule has 1 nitrogen and oxygen atoms in total. The molecule has 13 heavy (non-hydrogen) atoms. The van der Waals surface area contributed by atoms with Crippen molar-refractivity contribution in [2.24, 2.45) is 0 Å². The van der Waals surface area contributed by atoms with Crippen molar-refractivity contribution in [1.29, 1.82) is 0 Å². The lowest BCUT2D eigenvalue weighted by Gasteiger charge is -1.99. The van der Waals surface area contributed by atoms with Gasteiger partial charge in [-0.1, -0.05) is 36.9 Å². The van der Waals surface area contributed by atoms with Gasteiger partial charge in [0.05, 0.1) is 0 Å². The lowest BCUT2D eigenvalue weighted by atomic mass is 10.1. The van der Waals surface area contributed by atoms with E-state index in [1.165, 1.54) is 5.56 Å². The number of rotatable bonds is 4. The summed E-state index contributed by atoms with van der Waals surface area (Å²) in [6.07, 6.45) is 1.38. The molecule has 1 heteroatoms. The number of carbonyl (C=O) groups is 1. The minimum absolute atomic E-state index is 0.156. The Kier molecular flexibility index (Phi) is 3.44. The lowest BCUT2D eigenvalue weighted by Crippen LogP contribution is -2.00. The van der Waals surface area contributed by atoms with Crippen molar-refractivity contribution in [3.05, 3.63) is 48.0 Å². The second-order valence-corrected chi connectivity index (χ2v) is 3.19. The van der Waals surface area contributed by atoms with Crippen LogP contribution in [0.15, 0.2) is 42.5 Å². The predicted molar refractivity (Wildman–Crippen MR) is 54.6 cm³/mol. The molecule has 0 unspecified atom stereocenters. The number of benzene rings is 1. The Bertz CT molecular complexity index is 298. The summed E-state index contributed by atoms with van der Waals surface area (Å²) in [5.74, 6) is 0.156. The smallest absolute Gasteiger partial charge is 0.158 e. The Hall–Kier alpha value is -1.37. The summed E-state index contributed by atoms with van der Waals surface area (Å²) in [5.41, 5.74) is 1.85. The molecule has 68 valence electrons. The van der Waals surface area contributed by atoms with Crippen molar-refractivity contribution in [3.63, 3.8) is 0 Å². The highest BCUT2D eigenvalue weighted by atomic mass is 16.1. The number of hydrogen-bond donors (Lipinski definition) is 0. The number of hydrogen-bond acceptors (Lipinski definition) is 1. The Balaban J connectivity index is 2.44. The van der Waals surface area contributed by atoms with E-state index in [9.17, 15) is 4.79 Å². The Labute approximate surface area is 79.1 Å². The molecule has 0 heterocycles. The van der Waals surface area contributed by atoms with Gasteiger partial charge >= 0.3 is 0 Å². The minimum atomic E-state index is 0.156. The van der Waals surface area contributed by atoms with E-state index in [2.05, 4.69) is 6.58 Å². The number of allylic oxidation sites excluding steroid dienone is 1. The van der Waals surface area contributed by atoms with Crippen molar-refractivity contribution in [2.75, 3.05) is 0 Å². The zero-order valence-electron chi connectivity index (χ0n) is 7.92. The van der Waals surface area contributed by atoms with E-state index in [4.69, 9.17) is 0 Å². The van der Waals surface area contributed by atoms with E-state index in [0.717, 1.165) is 6.42 Å². The van der Waals surface area contributed by atoms with Gasteiger partial charge in [0.1, 0.15) is 0 Å². The van der Waals surface area contributed by atoms with Gasteiger partial charge < -0.3 is 0 Å². The summed E-state index contributed by atoms with van der Waals surface area (Å²) in [7, 11) is 0. The van der Waals surface area contributed by atoms with Crippen LogP contribution in [-0.2, 0) is 11.2 Å². The molecule has 0 spiro atoms. The molecule has 0 aliphatic rings. The Morgan fingerprint density at radius 3 is 2.46 bits per heavy atom. The van der Waals surface area contributed by atoms with E-state index in [1.54, 1.807) is 6.92 Å². The minimum Gasteiger partial charge on any atom is -0.295 e. The normalized spacial score (nSPS) is 9.62. The number of carbonyl (C=O) groups excluding carboxylic acids is 1. The lowest BCUT2D eigenvalue weighted by molar-refractivity contribution is -0.115. The van der Waals surface area contributed by atoms with E-state index in [-0.39, 0.29) is 5.78 Å². The third-order valence-electron chi connectivity index (χ3n) is 1.96. The third kappa shape index (κ3) is 3.24. The first-order valence-corrected chi connectivity index (χ1v) is 4.43. The van der Waals surface area contributed by atoms with Crippen LogP contribution in [0.5, 0.6) is 0 Å². The second kappa shape index (κ2) is 4.61. The highest BCUT2D eigenvalue weighted by Crippen LogP contribution is 2.05. The van der Waals surface area contributed by atoms with Gasteiger partial charge in [-0.25, -0.2) is 0 Å². The quantitative estimate of drug-likeness (QED) is 0.641. The fourth-order valence-corrected chi connectivity index (χ4v) is 1.12. The SMILES string of the molecule is C=C(C)C(=O)CCc1ccccc1. The summed E-state index contributed by atoms with van der Waals surface area (Å²) in [5, 5.41) is 0. The number of Topliss-reactive ketones (excluding diaryl/α,β-unsaturated/α-hetero) is 1. The van der Waals surface area contributed by atoms with Gasteiger partial charge in [-0.3, -0.25) is 4.79 Å². The van der Waals surface area contributed by atoms with Crippen LogP contribution in [0, 0.1) is 0 Å². The Morgan fingerprint density at radius 2 is 1.92 bits per heavy atom. The third-order valence-corrected chi connectivity index (χ3v) is 1.96. The molecule has 0 aromatic heterocycles. The van der Waals surface area contributed by atoms with Gasteiger partial charge in [0.2, 0.25) is 0 Å². The molecule has 0 radical (unpaired) electrons. The van der Waals surface area contributed by atoms with Gasteiger partial charge in [0.25, 0.3) is 0 Å². The first-order chi connectivity index (χ1) is 6.20. The largest absolute Gasteiger partial charge is 0.295 e. The Morgan fingerprint density at radius 1 is 1.31 bits per heavy atom. The van der Waals surface area contributed by atoms with Crippen LogP contribution in [0.3, 0.4) is 0 Å². The summed E-state index contributed by atoms with van der Waals surface area (Å²) >= 11 is 0. The maximum Gasteiger partial charge on any atom is 0.158 e. The van der Waals surface area contributed by atoms with Crippen LogP contribution in [0.1, 0.15) is 18.9 Å². The number of aryl methyl sites for hydroxylation is 1. The fraction of sp³-hybridized carbons (Fsp3) is 0.250. The zero-order valence-corrected chi connectivity index (χ0v) is 7.92. The van der Waals surface area contributed by atoms with Gasteiger partial charge in [0.15, 0.2) is 5.78 Å². The summed E-state index contributed by atoms with van der Waals surface area (Å²) < 4.78 is 0. The first-order valence-electron chi connectivity index (χ1n) is 4.43. The van der Waals surface area contributed by atoms with E-state index < -0.39 is 0 Å². The summed E-state index contributed by atoms with van der Waals surface area (Å²) in [4.78, 5) is 11.2. The highest BCUT2D eigenvalue weighted by Gasteiger charge is 2.01. The first kappa shape index (κ1) is 9.72. The average molecular weight is 174 g/mol. The van der Waals surface area contributed by atoms with Crippen molar-refractivity contribution in [3.8, 4) is 0 Å². The molecule has 0 fully saturated rings. The predicted octanol–water partition coefficient (Wildman–Crippen LogP) is 2.76. The standard InChI is InChI=1S/C12H14O/c1-10(2)12(13)9-8-11-6-4-3-5-7-11/h3-7H,1,8-9H2,2H3.